The van der Waals surface area contributed by atoms with Crippen LogP contribution in [0.15, 0.2) is 55.1 Å². The maximum Gasteiger partial charge on any atom is 0.159 e. The minimum Gasteiger partial charge on any atom is -0.335 e. The first kappa shape index (κ1) is 18.4. The molecule has 156 valence electrons. The van der Waals surface area contributed by atoms with Gasteiger partial charge in [0.1, 0.15) is 17.3 Å². The molecule has 6 aromatic rings. The SMILES string of the molecule is Cc1ncc(-c2cc3c(-c4nc5c(-c6cccc(F)c6)cncc5[nH]4)n[nH]c3cn2)n1C. The van der Waals surface area contributed by atoms with E-state index in [1.165, 1.54) is 12.1 Å². The molecule has 0 atom stereocenters. The van der Waals surface area contributed by atoms with E-state index >= 15 is 0 Å². The number of halogens is 1. The van der Waals surface area contributed by atoms with Crippen LogP contribution in [0.4, 0.5) is 4.39 Å². The van der Waals surface area contributed by atoms with Crippen molar-refractivity contribution in [3.05, 3.63) is 66.8 Å². The van der Waals surface area contributed by atoms with Gasteiger partial charge in [0.25, 0.3) is 0 Å². The summed E-state index contributed by atoms with van der Waals surface area (Å²) in [6.07, 6.45) is 6.96. The van der Waals surface area contributed by atoms with Gasteiger partial charge in [-0.2, -0.15) is 5.10 Å². The number of nitrogens with one attached hydrogen (secondary N) is 2. The molecule has 5 aromatic heterocycles. The number of fused-ring (bicyclic) bond motifs is 2. The Bertz CT molecular complexity index is 1620. The fourth-order valence-corrected chi connectivity index (χ4v) is 3.89. The van der Waals surface area contributed by atoms with Gasteiger partial charge in [-0.3, -0.25) is 15.1 Å². The summed E-state index contributed by atoms with van der Waals surface area (Å²) in [6, 6.07) is 8.38. The highest BCUT2D eigenvalue weighted by atomic mass is 19.1. The van der Waals surface area contributed by atoms with Crippen molar-refractivity contribution >= 4 is 21.9 Å². The summed E-state index contributed by atoms with van der Waals surface area (Å²) >= 11 is 0. The molecule has 0 aliphatic heterocycles. The average Bonchev–Trinajstić information content (AvgIpc) is 3.50. The quantitative estimate of drug-likeness (QED) is 0.438. The zero-order chi connectivity index (χ0) is 21.8. The Hall–Kier alpha value is -4.40. The second-order valence-corrected chi connectivity index (χ2v) is 7.62. The molecule has 0 radical (unpaired) electrons. The summed E-state index contributed by atoms with van der Waals surface area (Å²) < 4.78 is 15.8. The standard InChI is InChI=1S/C23H17FN8/c1-12-26-11-20(32(12)2)17-7-15-18(10-27-17)30-31-22(15)23-28-19-9-25-8-16(21(19)29-23)13-4-3-5-14(24)6-13/h3-11H,1-2H3,(H,28,29)(H,30,31). The summed E-state index contributed by atoms with van der Waals surface area (Å²) in [5, 5.41) is 8.38. The van der Waals surface area contributed by atoms with Crippen LogP contribution < -0.4 is 0 Å². The van der Waals surface area contributed by atoms with E-state index in [-0.39, 0.29) is 5.82 Å². The molecular formula is C23H17FN8. The summed E-state index contributed by atoms with van der Waals surface area (Å²) in [5.41, 5.74) is 6.08. The Morgan fingerprint density at radius 2 is 1.91 bits per heavy atom. The van der Waals surface area contributed by atoms with Crippen molar-refractivity contribution in [3.8, 4) is 34.0 Å². The zero-order valence-electron chi connectivity index (χ0n) is 17.3. The zero-order valence-corrected chi connectivity index (χ0v) is 17.3. The van der Waals surface area contributed by atoms with E-state index in [1.807, 2.05) is 30.7 Å². The van der Waals surface area contributed by atoms with E-state index in [0.717, 1.165) is 39.2 Å². The van der Waals surface area contributed by atoms with Gasteiger partial charge in [0, 0.05) is 24.2 Å². The second kappa shape index (κ2) is 6.81. The first-order valence-electron chi connectivity index (χ1n) is 10.0. The number of benzene rings is 1. The van der Waals surface area contributed by atoms with Crippen LogP contribution in [0.1, 0.15) is 5.82 Å². The van der Waals surface area contributed by atoms with Gasteiger partial charge in [0.15, 0.2) is 5.82 Å². The van der Waals surface area contributed by atoms with Crippen molar-refractivity contribution in [2.75, 3.05) is 0 Å². The highest BCUT2D eigenvalue weighted by molar-refractivity contribution is 5.97. The summed E-state index contributed by atoms with van der Waals surface area (Å²) in [7, 11) is 1.96. The molecule has 0 aliphatic rings. The largest absolute Gasteiger partial charge is 0.335 e. The van der Waals surface area contributed by atoms with Gasteiger partial charge >= 0.3 is 0 Å². The predicted octanol–water partition coefficient (Wildman–Crippen LogP) is 4.41. The van der Waals surface area contributed by atoms with E-state index in [0.29, 0.717) is 22.6 Å². The van der Waals surface area contributed by atoms with Gasteiger partial charge in [-0.1, -0.05) is 12.1 Å². The summed E-state index contributed by atoms with van der Waals surface area (Å²) in [5.74, 6) is 1.19. The maximum atomic E-state index is 13.8. The number of rotatable bonds is 3. The highest BCUT2D eigenvalue weighted by Gasteiger charge is 2.17. The fourth-order valence-electron chi connectivity index (χ4n) is 3.89. The molecular weight excluding hydrogens is 407 g/mol. The van der Waals surface area contributed by atoms with Crippen molar-refractivity contribution < 1.29 is 4.39 Å². The molecule has 0 saturated carbocycles. The number of hydrogen-bond acceptors (Lipinski definition) is 5. The van der Waals surface area contributed by atoms with Gasteiger partial charge in [-0.25, -0.2) is 14.4 Å². The lowest BCUT2D eigenvalue weighted by molar-refractivity contribution is 0.628. The first-order valence-corrected chi connectivity index (χ1v) is 10.0. The average molecular weight is 424 g/mol. The Labute approximate surface area is 181 Å². The van der Waals surface area contributed by atoms with Crippen LogP contribution in [0.25, 0.3) is 56.0 Å². The van der Waals surface area contributed by atoms with E-state index in [4.69, 9.17) is 4.98 Å². The smallest absolute Gasteiger partial charge is 0.159 e. The van der Waals surface area contributed by atoms with Crippen LogP contribution in [0, 0.1) is 12.7 Å². The van der Waals surface area contributed by atoms with Gasteiger partial charge in [-0.15, -0.1) is 0 Å². The molecule has 0 spiro atoms. The van der Waals surface area contributed by atoms with Crippen LogP contribution in [0.3, 0.4) is 0 Å². The molecule has 5 heterocycles. The van der Waals surface area contributed by atoms with Gasteiger partial charge in [0.05, 0.1) is 46.5 Å². The van der Waals surface area contributed by atoms with E-state index in [2.05, 4.69) is 30.1 Å². The van der Waals surface area contributed by atoms with Crippen LogP contribution in [0.2, 0.25) is 0 Å². The lowest BCUT2D eigenvalue weighted by atomic mass is 10.1. The Morgan fingerprint density at radius 1 is 1.00 bits per heavy atom. The molecule has 8 nitrogen and oxygen atoms in total. The monoisotopic (exact) mass is 424 g/mol. The third-order valence-electron chi connectivity index (χ3n) is 5.68. The van der Waals surface area contributed by atoms with Crippen LogP contribution in [-0.4, -0.2) is 39.7 Å². The Morgan fingerprint density at radius 3 is 2.72 bits per heavy atom. The topological polar surface area (TPSA) is 101 Å². The molecule has 0 aliphatic carbocycles. The van der Waals surface area contributed by atoms with Crippen LogP contribution >= 0.6 is 0 Å². The molecule has 6 rings (SSSR count). The summed E-state index contributed by atoms with van der Waals surface area (Å²) in [4.78, 5) is 21.3. The molecule has 0 unspecified atom stereocenters. The number of pyridine rings is 2. The van der Waals surface area contributed by atoms with Gasteiger partial charge < -0.3 is 9.55 Å². The number of imidazole rings is 2. The minimum atomic E-state index is -0.306. The van der Waals surface area contributed by atoms with E-state index < -0.39 is 0 Å². The number of H-pyrrole nitrogens is 2. The molecule has 0 fully saturated rings. The molecule has 1 aromatic carbocycles. The predicted molar refractivity (Wildman–Crippen MR) is 119 cm³/mol. The molecule has 0 bridgehead atoms. The van der Waals surface area contributed by atoms with Gasteiger partial charge in [0.2, 0.25) is 0 Å². The van der Waals surface area contributed by atoms with E-state index in [1.54, 1.807) is 30.9 Å². The van der Waals surface area contributed by atoms with Crippen LogP contribution in [0.5, 0.6) is 0 Å². The Balaban J connectivity index is 1.52. The van der Waals surface area contributed by atoms with Crippen molar-refractivity contribution in [1.82, 2.24) is 39.7 Å². The fraction of sp³-hybridized carbons (Fsp3) is 0.0870. The lowest BCUT2D eigenvalue weighted by Gasteiger charge is -2.03. The molecule has 9 heteroatoms. The van der Waals surface area contributed by atoms with Crippen molar-refractivity contribution in [2.45, 2.75) is 6.92 Å². The molecule has 2 N–H and O–H groups in total. The number of nitrogens with zero attached hydrogens (tertiary/aromatic N) is 6. The second-order valence-electron chi connectivity index (χ2n) is 7.62. The molecule has 0 saturated heterocycles. The van der Waals surface area contributed by atoms with Crippen molar-refractivity contribution in [2.24, 2.45) is 7.05 Å². The highest BCUT2D eigenvalue weighted by Crippen LogP contribution is 2.32. The molecule has 0 amide bonds. The number of hydrogen-bond donors (Lipinski definition) is 2. The number of aryl methyl sites for hydroxylation is 1. The van der Waals surface area contributed by atoms with Crippen molar-refractivity contribution in [1.29, 1.82) is 0 Å². The Kier molecular flexibility index (Phi) is 3.91. The molecule has 32 heavy (non-hydrogen) atoms. The number of aromatic nitrogens is 8. The minimum absolute atomic E-state index is 0.306. The van der Waals surface area contributed by atoms with Crippen LogP contribution in [-0.2, 0) is 7.05 Å². The number of aromatic amines is 2. The first-order chi connectivity index (χ1) is 15.6. The normalized spacial score (nSPS) is 11.6. The maximum absolute atomic E-state index is 13.8. The van der Waals surface area contributed by atoms with E-state index in [9.17, 15) is 4.39 Å². The third kappa shape index (κ3) is 2.78. The van der Waals surface area contributed by atoms with Crippen molar-refractivity contribution in [3.63, 3.8) is 0 Å². The lowest BCUT2D eigenvalue weighted by Crippen LogP contribution is -1.95. The summed E-state index contributed by atoms with van der Waals surface area (Å²) in [6.45, 7) is 1.95. The third-order valence-corrected chi connectivity index (χ3v) is 5.68. The van der Waals surface area contributed by atoms with Gasteiger partial charge in [-0.05, 0) is 30.7 Å².